The van der Waals surface area contributed by atoms with Crippen molar-refractivity contribution in [2.24, 2.45) is 0 Å². The Hall–Kier alpha value is -2.06. The maximum atomic E-state index is 11.9. The van der Waals surface area contributed by atoms with Crippen LogP contribution >= 0.6 is 24.0 Å². The molecule has 1 N–H and O–H groups in total. The van der Waals surface area contributed by atoms with Crippen molar-refractivity contribution in [2.75, 3.05) is 20.8 Å². The molecule has 6 nitrogen and oxygen atoms in total. The summed E-state index contributed by atoms with van der Waals surface area (Å²) in [7, 11) is 3.08. The lowest BCUT2D eigenvalue weighted by Gasteiger charge is -2.09. The van der Waals surface area contributed by atoms with E-state index in [1.165, 1.54) is 23.8 Å². The number of nitrogens with zero attached hydrogens (tertiary/aromatic N) is 1. The minimum Gasteiger partial charge on any atom is -0.493 e. The number of ether oxygens (including phenoxy) is 2. The van der Waals surface area contributed by atoms with Gasteiger partial charge >= 0.3 is 5.97 Å². The van der Waals surface area contributed by atoms with Gasteiger partial charge in [-0.25, -0.2) is 4.79 Å². The van der Waals surface area contributed by atoms with Gasteiger partial charge in [0.1, 0.15) is 4.32 Å². The van der Waals surface area contributed by atoms with E-state index in [1.54, 1.807) is 31.3 Å². The van der Waals surface area contributed by atoms with Crippen molar-refractivity contribution in [3.8, 4) is 11.5 Å². The van der Waals surface area contributed by atoms with Crippen LogP contribution in [0.25, 0.3) is 6.08 Å². The van der Waals surface area contributed by atoms with Crippen LogP contribution in [-0.2, 0) is 9.59 Å². The summed E-state index contributed by atoms with van der Waals surface area (Å²) in [5, 5.41) is 8.63. The number of thiocarbonyl (C=S) groups is 1. The van der Waals surface area contributed by atoms with Crippen LogP contribution in [0.15, 0.2) is 23.1 Å². The third-order valence-electron chi connectivity index (χ3n) is 2.82. The highest BCUT2D eigenvalue weighted by Crippen LogP contribution is 2.33. The number of carbonyl (C=O) groups excluding carboxylic acids is 1. The summed E-state index contributed by atoms with van der Waals surface area (Å²) in [6.07, 6.45) is 1.70. The standard InChI is InChI=1S/C14H13NO5S2/c1-15-13(18)11(22-14(15)21)6-8-3-4-9(10(5-8)19-2)20-7-12(16)17/h3-6H,7H2,1-2H3,(H,16,17)/b11-6-. The van der Waals surface area contributed by atoms with Gasteiger partial charge in [-0.1, -0.05) is 30.0 Å². The second-order valence-electron chi connectivity index (χ2n) is 4.33. The molecule has 8 heteroatoms. The average Bonchev–Trinajstić information content (AvgIpc) is 2.73. The quantitative estimate of drug-likeness (QED) is 0.649. The molecule has 1 amide bonds. The number of hydrogen-bond donors (Lipinski definition) is 1. The van der Waals surface area contributed by atoms with Crippen LogP contribution in [0.1, 0.15) is 5.56 Å². The Labute approximate surface area is 136 Å². The number of carboxylic acid groups (broad SMARTS) is 1. The molecule has 0 aromatic heterocycles. The summed E-state index contributed by atoms with van der Waals surface area (Å²) < 4.78 is 10.8. The normalized spacial score (nSPS) is 16.3. The summed E-state index contributed by atoms with van der Waals surface area (Å²) in [5.41, 5.74) is 0.730. The maximum Gasteiger partial charge on any atom is 0.341 e. The van der Waals surface area contributed by atoms with Gasteiger partial charge in [0.25, 0.3) is 5.91 Å². The van der Waals surface area contributed by atoms with E-state index in [4.69, 9.17) is 26.8 Å². The number of benzene rings is 1. The minimum atomic E-state index is -1.07. The van der Waals surface area contributed by atoms with Gasteiger partial charge in [0, 0.05) is 7.05 Å². The highest BCUT2D eigenvalue weighted by molar-refractivity contribution is 8.26. The smallest absolute Gasteiger partial charge is 0.341 e. The lowest BCUT2D eigenvalue weighted by atomic mass is 10.2. The van der Waals surface area contributed by atoms with E-state index in [1.807, 2.05) is 0 Å². The summed E-state index contributed by atoms with van der Waals surface area (Å²) in [4.78, 5) is 24.4. The van der Waals surface area contributed by atoms with Crippen molar-refractivity contribution in [1.29, 1.82) is 0 Å². The van der Waals surface area contributed by atoms with Gasteiger partial charge in [-0.15, -0.1) is 0 Å². The first-order valence-corrected chi connectivity index (χ1v) is 7.39. The average molecular weight is 339 g/mol. The van der Waals surface area contributed by atoms with E-state index in [9.17, 15) is 9.59 Å². The van der Waals surface area contributed by atoms with Gasteiger partial charge in [0.05, 0.1) is 12.0 Å². The molecule has 22 heavy (non-hydrogen) atoms. The van der Waals surface area contributed by atoms with Crippen LogP contribution in [-0.4, -0.2) is 47.0 Å². The Morgan fingerprint density at radius 1 is 1.45 bits per heavy atom. The Kier molecular flexibility index (Phi) is 5.04. The molecule has 0 spiro atoms. The number of likely N-dealkylation sites (N-methyl/N-ethyl adjacent to an activating group) is 1. The molecule has 0 bridgehead atoms. The summed E-state index contributed by atoms with van der Waals surface area (Å²) in [6.45, 7) is -0.454. The molecule has 1 saturated heterocycles. The van der Waals surface area contributed by atoms with Crippen molar-refractivity contribution >= 4 is 46.3 Å². The lowest BCUT2D eigenvalue weighted by molar-refractivity contribution is -0.139. The van der Waals surface area contributed by atoms with Crippen LogP contribution < -0.4 is 9.47 Å². The summed E-state index contributed by atoms with van der Waals surface area (Å²) in [6, 6.07) is 4.97. The molecule has 2 rings (SSSR count). The SMILES string of the molecule is COc1cc(/C=C2\SC(=S)N(C)C2=O)ccc1OCC(=O)O. The minimum absolute atomic E-state index is 0.153. The zero-order chi connectivity index (χ0) is 16.3. The first-order valence-electron chi connectivity index (χ1n) is 6.16. The Balaban J connectivity index is 2.25. The van der Waals surface area contributed by atoms with E-state index in [2.05, 4.69) is 0 Å². The zero-order valence-electron chi connectivity index (χ0n) is 11.9. The van der Waals surface area contributed by atoms with E-state index in [0.717, 1.165) is 5.56 Å². The fourth-order valence-electron chi connectivity index (χ4n) is 1.73. The number of carbonyl (C=O) groups is 2. The summed E-state index contributed by atoms with van der Waals surface area (Å²) in [5.74, 6) is -0.509. The van der Waals surface area contributed by atoms with Crippen LogP contribution in [0.3, 0.4) is 0 Å². The molecular formula is C14H13NO5S2. The van der Waals surface area contributed by atoms with Crippen molar-refractivity contribution in [2.45, 2.75) is 0 Å². The van der Waals surface area contributed by atoms with Gasteiger partial charge in [0.2, 0.25) is 0 Å². The number of methoxy groups -OCH3 is 1. The van der Waals surface area contributed by atoms with Gasteiger partial charge in [-0.3, -0.25) is 9.69 Å². The largest absolute Gasteiger partial charge is 0.493 e. The maximum absolute atomic E-state index is 11.9. The molecule has 1 fully saturated rings. The van der Waals surface area contributed by atoms with Gasteiger partial charge in [-0.05, 0) is 23.8 Å². The molecule has 0 unspecified atom stereocenters. The zero-order valence-corrected chi connectivity index (χ0v) is 13.5. The molecule has 1 aromatic carbocycles. The Bertz CT molecular complexity index is 671. The fourth-order valence-corrected chi connectivity index (χ4v) is 2.91. The second kappa shape index (κ2) is 6.80. The molecule has 1 aromatic rings. The predicted molar refractivity (Wildman–Crippen MR) is 87.1 cm³/mol. The topological polar surface area (TPSA) is 76.1 Å². The molecule has 0 atom stereocenters. The molecule has 0 saturated carbocycles. The van der Waals surface area contributed by atoms with Crippen molar-refractivity contribution in [3.05, 3.63) is 28.7 Å². The number of rotatable bonds is 5. The van der Waals surface area contributed by atoms with E-state index in [-0.39, 0.29) is 5.91 Å². The number of hydrogen-bond acceptors (Lipinski definition) is 6. The fraction of sp³-hybridized carbons (Fsp3) is 0.214. The van der Waals surface area contributed by atoms with Crippen LogP contribution in [0.5, 0.6) is 11.5 Å². The van der Waals surface area contributed by atoms with E-state index in [0.29, 0.717) is 20.7 Å². The number of thioether (sulfide) groups is 1. The molecule has 1 heterocycles. The highest BCUT2D eigenvalue weighted by Gasteiger charge is 2.28. The van der Waals surface area contributed by atoms with Crippen LogP contribution in [0.4, 0.5) is 0 Å². The van der Waals surface area contributed by atoms with Crippen LogP contribution in [0.2, 0.25) is 0 Å². The summed E-state index contributed by atoms with van der Waals surface area (Å²) >= 11 is 6.29. The van der Waals surface area contributed by atoms with Gasteiger partial charge < -0.3 is 14.6 Å². The van der Waals surface area contributed by atoms with Crippen molar-refractivity contribution in [3.63, 3.8) is 0 Å². The monoisotopic (exact) mass is 339 g/mol. The second-order valence-corrected chi connectivity index (χ2v) is 6.01. The molecule has 1 aliphatic rings. The Morgan fingerprint density at radius 3 is 2.73 bits per heavy atom. The first-order chi connectivity index (χ1) is 10.4. The first kappa shape index (κ1) is 16.3. The molecule has 1 aliphatic heterocycles. The Morgan fingerprint density at radius 2 is 2.18 bits per heavy atom. The molecule has 0 radical (unpaired) electrons. The number of carboxylic acids is 1. The highest BCUT2D eigenvalue weighted by atomic mass is 32.2. The van der Waals surface area contributed by atoms with Gasteiger partial charge in [-0.2, -0.15) is 0 Å². The molecule has 0 aliphatic carbocycles. The van der Waals surface area contributed by atoms with Gasteiger partial charge in [0.15, 0.2) is 18.1 Å². The van der Waals surface area contributed by atoms with E-state index < -0.39 is 12.6 Å². The predicted octanol–water partition coefficient (Wildman–Crippen LogP) is 1.99. The third kappa shape index (κ3) is 3.58. The number of aliphatic carboxylic acids is 1. The number of amides is 1. The molecular weight excluding hydrogens is 326 g/mol. The molecule has 116 valence electrons. The van der Waals surface area contributed by atoms with E-state index >= 15 is 0 Å². The third-order valence-corrected chi connectivity index (χ3v) is 4.31. The van der Waals surface area contributed by atoms with Crippen molar-refractivity contribution in [1.82, 2.24) is 4.90 Å². The van der Waals surface area contributed by atoms with Crippen molar-refractivity contribution < 1.29 is 24.2 Å². The van der Waals surface area contributed by atoms with Crippen LogP contribution in [0, 0.1) is 0 Å². The lowest BCUT2D eigenvalue weighted by Crippen LogP contribution is -2.22.